The summed E-state index contributed by atoms with van der Waals surface area (Å²) in [5, 5.41) is 19.6. The molecular formula is C30H23BrFN5O3. The molecule has 0 amide bonds. The van der Waals surface area contributed by atoms with Gasteiger partial charge in [-0.2, -0.15) is 0 Å². The van der Waals surface area contributed by atoms with Crippen molar-refractivity contribution in [1.82, 2.24) is 25.2 Å². The molecule has 0 atom stereocenters. The first kappa shape index (κ1) is 25.7. The summed E-state index contributed by atoms with van der Waals surface area (Å²) in [6.07, 6.45) is 0. The van der Waals surface area contributed by atoms with Crippen molar-refractivity contribution < 1.29 is 18.0 Å². The molecule has 8 nitrogen and oxygen atoms in total. The minimum Gasteiger partial charge on any atom is -0.467 e. The predicted octanol–water partition coefficient (Wildman–Crippen LogP) is 7.37. The molecule has 0 aliphatic carbocycles. The van der Waals surface area contributed by atoms with Gasteiger partial charge in [-0.15, -0.1) is 15.3 Å². The van der Waals surface area contributed by atoms with E-state index in [0.29, 0.717) is 28.1 Å². The highest BCUT2D eigenvalue weighted by atomic mass is 79.9. The third-order valence-corrected chi connectivity index (χ3v) is 6.84. The van der Waals surface area contributed by atoms with Gasteiger partial charge in [0.05, 0.1) is 17.6 Å². The molecule has 4 aromatic heterocycles. The number of rotatable bonds is 6. The van der Waals surface area contributed by atoms with Crippen molar-refractivity contribution in [3.63, 3.8) is 0 Å². The third kappa shape index (κ3) is 5.30. The molecule has 0 N–H and O–H groups in total. The van der Waals surface area contributed by atoms with Crippen LogP contribution in [0.25, 0.3) is 33.0 Å². The number of fused-ring (bicyclic) bond motifs is 3. The number of aromatic nitrogens is 5. The fraction of sp³-hybridized carbons (Fsp3) is 0.133. The number of benzene rings is 3. The fourth-order valence-corrected chi connectivity index (χ4v) is 4.61. The van der Waals surface area contributed by atoms with Crippen molar-refractivity contribution in [1.29, 1.82) is 0 Å². The van der Waals surface area contributed by atoms with Gasteiger partial charge in [0.25, 0.3) is 5.88 Å². The second-order valence-electron chi connectivity index (χ2n) is 9.05. The van der Waals surface area contributed by atoms with E-state index in [2.05, 4.69) is 36.4 Å². The largest absolute Gasteiger partial charge is 0.467 e. The van der Waals surface area contributed by atoms with Crippen molar-refractivity contribution in [2.24, 2.45) is 0 Å². The molecule has 0 fully saturated rings. The fourth-order valence-electron chi connectivity index (χ4n) is 4.33. The number of nitrogens with zero attached hydrogens (tertiary/aromatic N) is 5. The standard InChI is InChI=1S/C21H16FN5O2.C9H7BrO/c1-13-19-20(27(26-24-19)11-15-7-2-4-8-17(15)22)21(25-23-13)28-12-16-10-14-6-3-5-9-18(14)29-16;10-6-8-5-7-3-1-2-4-9(7)11-8/h2-10H,11-12H2,1H3;1-5H,6H2. The molecule has 0 bridgehead atoms. The van der Waals surface area contributed by atoms with Crippen molar-refractivity contribution in [3.05, 3.63) is 114 Å². The number of halogens is 2. The van der Waals surface area contributed by atoms with Crippen molar-refractivity contribution >= 4 is 48.9 Å². The van der Waals surface area contributed by atoms with E-state index in [1.807, 2.05) is 60.7 Å². The molecule has 7 rings (SSSR count). The van der Waals surface area contributed by atoms with E-state index in [0.717, 1.165) is 27.6 Å². The van der Waals surface area contributed by atoms with Crippen LogP contribution in [-0.4, -0.2) is 25.2 Å². The molecule has 0 spiro atoms. The smallest absolute Gasteiger partial charge is 0.262 e. The number of furan rings is 2. The van der Waals surface area contributed by atoms with E-state index in [4.69, 9.17) is 13.6 Å². The highest BCUT2D eigenvalue weighted by Crippen LogP contribution is 2.26. The van der Waals surface area contributed by atoms with Crippen molar-refractivity contribution in [3.8, 4) is 5.88 Å². The molecule has 0 unspecified atom stereocenters. The molecule has 4 heterocycles. The van der Waals surface area contributed by atoms with Gasteiger partial charge in [-0.3, -0.25) is 0 Å². The molecule has 0 saturated heterocycles. The minimum atomic E-state index is -0.306. The summed E-state index contributed by atoms with van der Waals surface area (Å²) < 4.78 is 32.8. The van der Waals surface area contributed by atoms with Crippen LogP contribution in [0.3, 0.4) is 0 Å². The lowest BCUT2D eigenvalue weighted by atomic mass is 10.2. The predicted molar refractivity (Wildman–Crippen MR) is 153 cm³/mol. The van der Waals surface area contributed by atoms with Crippen LogP contribution in [-0.2, 0) is 18.5 Å². The average Bonchev–Trinajstić information content (AvgIpc) is 3.71. The molecule has 0 saturated carbocycles. The molecule has 7 aromatic rings. The molecule has 0 radical (unpaired) electrons. The maximum Gasteiger partial charge on any atom is 0.262 e. The molecule has 200 valence electrons. The Labute approximate surface area is 236 Å². The Balaban J connectivity index is 0.000000219. The monoisotopic (exact) mass is 599 g/mol. The van der Waals surface area contributed by atoms with Crippen LogP contribution >= 0.6 is 15.9 Å². The van der Waals surface area contributed by atoms with Crippen LogP contribution in [0.1, 0.15) is 22.8 Å². The highest BCUT2D eigenvalue weighted by Gasteiger charge is 2.18. The second kappa shape index (κ2) is 11.3. The van der Waals surface area contributed by atoms with E-state index in [-0.39, 0.29) is 24.8 Å². The Morgan fingerprint density at radius 1 is 0.825 bits per heavy atom. The third-order valence-electron chi connectivity index (χ3n) is 6.29. The maximum absolute atomic E-state index is 14.1. The molecule has 10 heteroatoms. The maximum atomic E-state index is 14.1. The van der Waals surface area contributed by atoms with Gasteiger partial charge in [0.15, 0.2) is 5.52 Å². The average molecular weight is 600 g/mol. The highest BCUT2D eigenvalue weighted by molar-refractivity contribution is 9.08. The summed E-state index contributed by atoms with van der Waals surface area (Å²) in [7, 11) is 0. The van der Waals surface area contributed by atoms with Gasteiger partial charge in [-0.1, -0.05) is 75.7 Å². The topological polar surface area (TPSA) is 92.0 Å². The first-order valence-electron chi connectivity index (χ1n) is 12.5. The van der Waals surface area contributed by atoms with Crippen LogP contribution in [0.2, 0.25) is 0 Å². The van der Waals surface area contributed by atoms with Crippen LogP contribution < -0.4 is 4.74 Å². The van der Waals surface area contributed by atoms with Crippen LogP contribution in [0.4, 0.5) is 4.39 Å². The lowest BCUT2D eigenvalue weighted by Crippen LogP contribution is -2.07. The first-order valence-corrected chi connectivity index (χ1v) is 13.6. The Morgan fingerprint density at radius 2 is 1.48 bits per heavy atom. The quantitative estimate of drug-likeness (QED) is 0.184. The van der Waals surface area contributed by atoms with Crippen LogP contribution in [0.5, 0.6) is 5.88 Å². The normalized spacial score (nSPS) is 11.2. The summed E-state index contributed by atoms with van der Waals surface area (Å²) in [6.45, 7) is 2.17. The summed E-state index contributed by atoms with van der Waals surface area (Å²) in [6, 6.07) is 26.3. The summed E-state index contributed by atoms with van der Waals surface area (Å²) in [5.41, 5.74) is 4.00. The molecular weight excluding hydrogens is 577 g/mol. The van der Waals surface area contributed by atoms with E-state index in [9.17, 15) is 4.39 Å². The summed E-state index contributed by atoms with van der Waals surface area (Å²) >= 11 is 3.34. The van der Waals surface area contributed by atoms with Gasteiger partial charge in [-0.25, -0.2) is 9.07 Å². The number of para-hydroxylation sites is 2. The summed E-state index contributed by atoms with van der Waals surface area (Å²) in [4.78, 5) is 0. The van der Waals surface area contributed by atoms with Gasteiger partial charge in [-0.05, 0) is 37.3 Å². The van der Waals surface area contributed by atoms with E-state index < -0.39 is 0 Å². The van der Waals surface area contributed by atoms with Gasteiger partial charge in [0.1, 0.15) is 40.6 Å². The molecule has 40 heavy (non-hydrogen) atoms. The second-order valence-corrected chi connectivity index (χ2v) is 9.61. The zero-order valence-corrected chi connectivity index (χ0v) is 23.0. The number of ether oxygens (including phenoxy) is 1. The Morgan fingerprint density at radius 3 is 2.17 bits per heavy atom. The number of hydrogen-bond donors (Lipinski definition) is 0. The van der Waals surface area contributed by atoms with Crippen molar-refractivity contribution in [2.75, 3.05) is 0 Å². The lowest BCUT2D eigenvalue weighted by molar-refractivity contribution is 0.263. The van der Waals surface area contributed by atoms with Gasteiger partial charge >= 0.3 is 0 Å². The molecule has 3 aromatic carbocycles. The van der Waals surface area contributed by atoms with Gasteiger partial charge in [0.2, 0.25) is 0 Å². The lowest BCUT2D eigenvalue weighted by Gasteiger charge is -2.08. The van der Waals surface area contributed by atoms with Crippen molar-refractivity contribution in [2.45, 2.75) is 25.4 Å². The summed E-state index contributed by atoms with van der Waals surface area (Å²) in [5.74, 6) is 1.60. The number of hydrogen-bond acceptors (Lipinski definition) is 7. The van der Waals surface area contributed by atoms with Crippen LogP contribution in [0.15, 0.2) is 93.8 Å². The van der Waals surface area contributed by atoms with Gasteiger partial charge in [0, 0.05) is 16.3 Å². The molecule has 0 aliphatic rings. The van der Waals surface area contributed by atoms with Crippen LogP contribution in [0, 0.1) is 12.7 Å². The zero-order chi connectivity index (χ0) is 27.5. The Bertz CT molecular complexity index is 1860. The zero-order valence-electron chi connectivity index (χ0n) is 21.4. The number of alkyl halides is 1. The minimum absolute atomic E-state index is 0.173. The number of aryl methyl sites for hydroxylation is 1. The van der Waals surface area contributed by atoms with E-state index in [1.54, 1.807) is 29.8 Å². The van der Waals surface area contributed by atoms with E-state index in [1.165, 1.54) is 11.5 Å². The Kier molecular flexibility index (Phi) is 7.24. The molecule has 0 aliphatic heterocycles. The Hall–Kier alpha value is -4.57. The van der Waals surface area contributed by atoms with E-state index >= 15 is 0 Å². The van der Waals surface area contributed by atoms with Gasteiger partial charge < -0.3 is 13.6 Å². The first-order chi connectivity index (χ1) is 19.6. The SMILES string of the molecule is BrCc1cc2ccccc2o1.Cc1nnc(OCc2cc3ccccc3o2)c2c1nnn2Cc1ccccc1F.